The van der Waals surface area contributed by atoms with Crippen molar-refractivity contribution < 1.29 is 4.74 Å². The van der Waals surface area contributed by atoms with Gasteiger partial charge in [-0.25, -0.2) is 0 Å². The molecule has 1 aliphatic rings. The number of nitrogens with zero attached hydrogens (tertiary/aromatic N) is 2. The molecular weight excluding hydrogens is 226 g/mol. The maximum Gasteiger partial charge on any atom is 0.0642 e. The van der Waals surface area contributed by atoms with Crippen LogP contribution in [0.3, 0.4) is 0 Å². The first-order valence-corrected chi connectivity index (χ1v) is 6.74. The third-order valence-electron chi connectivity index (χ3n) is 3.04. The number of rotatable bonds is 5. The van der Waals surface area contributed by atoms with E-state index in [1.165, 1.54) is 5.69 Å². The highest BCUT2D eigenvalue weighted by Crippen LogP contribution is 2.15. The summed E-state index contributed by atoms with van der Waals surface area (Å²) in [6.07, 6.45) is 1.90. The summed E-state index contributed by atoms with van der Waals surface area (Å²) in [4.78, 5) is 6.77. The molecule has 0 aliphatic carbocycles. The lowest BCUT2D eigenvalue weighted by Gasteiger charge is -2.29. The topological polar surface area (TPSA) is 37.4 Å². The average molecular weight is 249 g/mol. The molecule has 1 fully saturated rings. The third-order valence-corrected chi connectivity index (χ3v) is 3.04. The maximum atomic E-state index is 5.37. The van der Waals surface area contributed by atoms with E-state index in [-0.39, 0.29) is 0 Å². The number of nitrogens with one attached hydrogen (secondary N) is 1. The Labute approximate surface area is 109 Å². The number of aromatic nitrogens is 1. The zero-order valence-electron chi connectivity index (χ0n) is 11.4. The van der Waals surface area contributed by atoms with E-state index in [0.717, 1.165) is 45.1 Å². The predicted molar refractivity (Wildman–Crippen MR) is 73.8 cm³/mol. The second-order valence-corrected chi connectivity index (χ2v) is 5.13. The standard InChI is InChI=1S/C14H23N3O/c1-12(2)10-15-11-13-9-14(3-4-16-13)17-5-7-18-8-6-17/h3-4,9,12,15H,5-8,10-11H2,1-2H3. The normalized spacial score (nSPS) is 16.3. The Morgan fingerprint density at radius 1 is 1.39 bits per heavy atom. The molecule has 0 unspecified atom stereocenters. The van der Waals surface area contributed by atoms with Crippen LogP contribution in [0.4, 0.5) is 5.69 Å². The van der Waals surface area contributed by atoms with Crippen molar-refractivity contribution in [2.75, 3.05) is 37.7 Å². The first-order valence-electron chi connectivity index (χ1n) is 6.74. The van der Waals surface area contributed by atoms with Crippen LogP contribution in [-0.4, -0.2) is 37.8 Å². The molecule has 18 heavy (non-hydrogen) atoms. The number of ether oxygens (including phenoxy) is 1. The summed E-state index contributed by atoms with van der Waals surface area (Å²) in [6.45, 7) is 9.90. The van der Waals surface area contributed by atoms with E-state index in [1.54, 1.807) is 0 Å². The summed E-state index contributed by atoms with van der Waals surface area (Å²) >= 11 is 0. The lowest BCUT2D eigenvalue weighted by molar-refractivity contribution is 0.122. The molecule has 4 heteroatoms. The van der Waals surface area contributed by atoms with E-state index < -0.39 is 0 Å². The Balaban J connectivity index is 1.91. The van der Waals surface area contributed by atoms with Gasteiger partial charge in [0, 0.05) is 31.5 Å². The second kappa shape index (κ2) is 6.71. The van der Waals surface area contributed by atoms with Crippen molar-refractivity contribution in [3.05, 3.63) is 24.0 Å². The SMILES string of the molecule is CC(C)CNCc1cc(N2CCOCC2)ccn1. The van der Waals surface area contributed by atoms with E-state index in [1.807, 2.05) is 6.20 Å². The monoisotopic (exact) mass is 249 g/mol. The van der Waals surface area contributed by atoms with Crippen LogP contribution in [0.15, 0.2) is 18.3 Å². The van der Waals surface area contributed by atoms with Crippen molar-refractivity contribution >= 4 is 5.69 Å². The Morgan fingerprint density at radius 3 is 2.89 bits per heavy atom. The molecule has 2 rings (SSSR count). The Bertz CT molecular complexity index is 362. The van der Waals surface area contributed by atoms with E-state index >= 15 is 0 Å². The van der Waals surface area contributed by atoms with Gasteiger partial charge in [0.15, 0.2) is 0 Å². The Kier molecular flexibility index (Phi) is 4.96. The van der Waals surface area contributed by atoms with Crippen LogP contribution in [0, 0.1) is 5.92 Å². The molecule has 0 aromatic carbocycles. The molecule has 0 atom stereocenters. The highest BCUT2D eigenvalue weighted by molar-refractivity contribution is 5.46. The van der Waals surface area contributed by atoms with Gasteiger partial charge >= 0.3 is 0 Å². The predicted octanol–water partition coefficient (Wildman–Crippen LogP) is 1.66. The second-order valence-electron chi connectivity index (χ2n) is 5.13. The summed E-state index contributed by atoms with van der Waals surface area (Å²) in [5.41, 5.74) is 2.37. The van der Waals surface area contributed by atoms with Gasteiger partial charge in [-0.3, -0.25) is 4.98 Å². The largest absolute Gasteiger partial charge is 0.378 e. The minimum Gasteiger partial charge on any atom is -0.378 e. The Morgan fingerprint density at radius 2 is 2.17 bits per heavy atom. The van der Waals surface area contributed by atoms with Gasteiger partial charge in [0.05, 0.1) is 18.9 Å². The molecule has 1 aromatic rings. The molecule has 0 saturated carbocycles. The van der Waals surface area contributed by atoms with E-state index in [9.17, 15) is 0 Å². The van der Waals surface area contributed by atoms with Crippen molar-refractivity contribution in [3.8, 4) is 0 Å². The van der Waals surface area contributed by atoms with E-state index in [2.05, 4.69) is 41.2 Å². The van der Waals surface area contributed by atoms with Crippen molar-refractivity contribution in [2.45, 2.75) is 20.4 Å². The van der Waals surface area contributed by atoms with E-state index in [0.29, 0.717) is 5.92 Å². The van der Waals surface area contributed by atoms with Gasteiger partial charge in [-0.05, 0) is 24.6 Å². The molecule has 4 nitrogen and oxygen atoms in total. The molecule has 1 saturated heterocycles. The summed E-state index contributed by atoms with van der Waals surface area (Å²) in [7, 11) is 0. The number of hydrogen-bond acceptors (Lipinski definition) is 4. The van der Waals surface area contributed by atoms with Gasteiger partial charge < -0.3 is 15.0 Å². The molecule has 0 bridgehead atoms. The van der Waals surface area contributed by atoms with Crippen LogP contribution in [0.5, 0.6) is 0 Å². The number of anilines is 1. The minimum atomic E-state index is 0.674. The van der Waals surface area contributed by atoms with Gasteiger partial charge in [-0.15, -0.1) is 0 Å². The molecule has 1 aromatic heterocycles. The molecule has 0 spiro atoms. The molecule has 0 amide bonds. The van der Waals surface area contributed by atoms with Gasteiger partial charge in [-0.2, -0.15) is 0 Å². The lowest BCUT2D eigenvalue weighted by Crippen LogP contribution is -2.36. The number of morpholine rings is 1. The minimum absolute atomic E-state index is 0.674. The van der Waals surface area contributed by atoms with Crippen molar-refractivity contribution in [1.29, 1.82) is 0 Å². The van der Waals surface area contributed by atoms with Crippen LogP contribution in [0.2, 0.25) is 0 Å². The van der Waals surface area contributed by atoms with Gasteiger partial charge in [-0.1, -0.05) is 13.8 Å². The fraction of sp³-hybridized carbons (Fsp3) is 0.643. The van der Waals surface area contributed by atoms with Crippen molar-refractivity contribution in [2.24, 2.45) is 5.92 Å². The first-order chi connectivity index (χ1) is 8.75. The highest BCUT2D eigenvalue weighted by Gasteiger charge is 2.11. The smallest absolute Gasteiger partial charge is 0.0642 e. The fourth-order valence-corrected chi connectivity index (χ4v) is 2.07. The highest BCUT2D eigenvalue weighted by atomic mass is 16.5. The third kappa shape index (κ3) is 3.96. The zero-order chi connectivity index (χ0) is 12.8. The molecule has 1 aliphatic heterocycles. The Hall–Kier alpha value is -1.13. The summed E-state index contributed by atoms with van der Waals surface area (Å²) in [6, 6.07) is 4.26. The lowest BCUT2D eigenvalue weighted by atomic mass is 10.2. The van der Waals surface area contributed by atoms with Crippen molar-refractivity contribution in [3.63, 3.8) is 0 Å². The fourth-order valence-electron chi connectivity index (χ4n) is 2.07. The molecule has 0 radical (unpaired) electrons. The molecule has 100 valence electrons. The average Bonchev–Trinajstić information content (AvgIpc) is 2.40. The van der Waals surface area contributed by atoms with Crippen molar-refractivity contribution in [1.82, 2.24) is 10.3 Å². The van der Waals surface area contributed by atoms with Crippen LogP contribution >= 0.6 is 0 Å². The van der Waals surface area contributed by atoms with Gasteiger partial charge in [0.25, 0.3) is 0 Å². The molecule has 1 N–H and O–H groups in total. The summed E-state index contributed by atoms with van der Waals surface area (Å²) < 4.78 is 5.37. The number of pyridine rings is 1. The van der Waals surface area contributed by atoms with Crippen LogP contribution < -0.4 is 10.2 Å². The summed E-state index contributed by atoms with van der Waals surface area (Å²) in [5.74, 6) is 0.674. The summed E-state index contributed by atoms with van der Waals surface area (Å²) in [5, 5.41) is 3.43. The quantitative estimate of drug-likeness (QED) is 0.861. The first kappa shape index (κ1) is 13.3. The maximum absolute atomic E-state index is 5.37. The van der Waals surface area contributed by atoms with Crippen LogP contribution in [0.25, 0.3) is 0 Å². The molecular formula is C14H23N3O. The van der Waals surface area contributed by atoms with Gasteiger partial charge in [0.1, 0.15) is 0 Å². The molecule has 2 heterocycles. The zero-order valence-corrected chi connectivity index (χ0v) is 11.4. The van der Waals surface area contributed by atoms with Gasteiger partial charge in [0.2, 0.25) is 0 Å². The van der Waals surface area contributed by atoms with Crippen LogP contribution in [0.1, 0.15) is 19.5 Å². The number of hydrogen-bond donors (Lipinski definition) is 1. The van der Waals surface area contributed by atoms with Crippen LogP contribution in [-0.2, 0) is 11.3 Å². The van der Waals surface area contributed by atoms with E-state index in [4.69, 9.17) is 4.74 Å².